The molecule has 0 fully saturated rings. The second kappa shape index (κ2) is 6.71. The molecule has 0 heterocycles. The van der Waals surface area contributed by atoms with Crippen LogP contribution < -0.4 is 10.1 Å². The fraction of sp³-hybridized carbons (Fsp3) is 0.111. The van der Waals surface area contributed by atoms with Gasteiger partial charge in [0.2, 0.25) is 0 Å². The summed E-state index contributed by atoms with van der Waals surface area (Å²) < 4.78 is 7.22. The Balaban J connectivity index is 1.85. The molecule has 3 aromatic rings. The van der Waals surface area contributed by atoms with Crippen LogP contribution in [-0.2, 0) is 6.54 Å². The highest BCUT2D eigenvalue weighted by atomic mass is 79.9. The quantitative estimate of drug-likeness (QED) is 0.559. The first-order chi connectivity index (χ1) is 10.7. The SMILES string of the molecule is COc1c(Br)cc(CNc2cccc3ccccc23)cc1Br. The number of fused-ring (bicyclic) bond motifs is 1. The molecule has 3 aromatic carbocycles. The van der Waals surface area contributed by atoms with Crippen LogP contribution in [0.2, 0.25) is 0 Å². The van der Waals surface area contributed by atoms with Crippen LogP contribution >= 0.6 is 31.9 Å². The standard InChI is InChI=1S/C18H15Br2NO/c1-22-18-15(19)9-12(10-16(18)20)11-21-17-8-4-6-13-5-2-3-7-14(13)17/h2-10,21H,11H2,1H3. The van der Waals surface area contributed by atoms with E-state index in [9.17, 15) is 0 Å². The van der Waals surface area contributed by atoms with E-state index in [4.69, 9.17) is 4.74 Å². The van der Waals surface area contributed by atoms with E-state index in [-0.39, 0.29) is 0 Å². The van der Waals surface area contributed by atoms with Crippen molar-refractivity contribution in [1.82, 2.24) is 0 Å². The summed E-state index contributed by atoms with van der Waals surface area (Å²) in [6, 6.07) is 18.8. The minimum absolute atomic E-state index is 0.745. The monoisotopic (exact) mass is 419 g/mol. The summed E-state index contributed by atoms with van der Waals surface area (Å²) in [7, 11) is 1.67. The predicted molar refractivity (Wildman–Crippen MR) is 99.7 cm³/mol. The van der Waals surface area contributed by atoms with Crippen molar-refractivity contribution in [2.75, 3.05) is 12.4 Å². The van der Waals surface area contributed by atoms with Gasteiger partial charge in [0.05, 0.1) is 16.1 Å². The maximum Gasteiger partial charge on any atom is 0.147 e. The second-order valence-electron chi connectivity index (χ2n) is 4.97. The number of benzene rings is 3. The fourth-order valence-electron chi connectivity index (χ4n) is 2.49. The van der Waals surface area contributed by atoms with E-state index in [1.165, 1.54) is 16.3 Å². The Morgan fingerprint density at radius 1 is 0.955 bits per heavy atom. The van der Waals surface area contributed by atoms with E-state index < -0.39 is 0 Å². The third kappa shape index (κ3) is 3.13. The third-order valence-electron chi connectivity index (χ3n) is 3.53. The zero-order chi connectivity index (χ0) is 15.5. The molecule has 0 saturated heterocycles. The minimum atomic E-state index is 0.745. The second-order valence-corrected chi connectivity index (χ2v) is 6.68. The lowest BCUT2D eigenvalue weighted by Gasteiger charge is -2.12. The lowest BCUT2D eigenvalue weighted by molar-refractivity contribution is 0.409. The van der Waals surface area contributed by atoms with Gasteiger partial charge < -0.3 is 10.1 Å². The fourth-order valence-corrected chi connectivity index (χ4v) is 4.09. The van der Waals surface area contributed by atoms with Crippen LogP contribution in [0, 0.1) is 0 Å². The number of hydrogen-bond acceptors (Lipinski definition) is 2. The molecule has 0 spiro atoms. The first-order valence-corrected chi connectivity index (χ1v) is 8.51. The smallest absolute Gasteiger partial charge is 0.147 e. The zero-order valence-corrected chi connectivity index (χ0v) is 15.2. The van der Waals surface area contributed by atoms with E-state index in [1.807, 2.05) is 0 Å². The lowest BCUT2D eigenvalue weighted by atomic mass is 10.1. The van der Waals surface area contributed by atoms with E-state index >= 15 is 0 Å². The molecule has 0 bridgehead atoms. The maximum absolute atomic E-state index is 5.34. The summed E-state index contributed by atoms with van der Waals surface area (Å²) in [6.45, 7) is 0.745. The van der Waals surface area contributed by atoms with Crippen LogP contribution in [0.15, 0.2) is 63.5 Å². The molecular formula is C18H15Br2NO. The first kappa shape index (κ1) is 15.4. The highest BCUT2D eigenvalue weighted by Gasteiger charge is 2.08. The summed E-state index contributed by atoms with van der Waals surface area (Å²) in [6.07, 6.45) is 0. The molecule has 0 aliphatic carbocycles. The Hall–Kier alpha value is -1.52. The third-order valence-corrected chi connectivity index (χ3v) is 4.71. The van der Waals surface area contributed by atoms with Gasteiger partial charge >= 0.3 is 0 Å². The summed E-state index contributed by atoms with van der Waals surface area (Å²) >= 11 is 7.08. The molecule has 2 nitrogen and oxygen atoms in total. The normalized spacial score (nSPS) is 10.7. The maximum atomic E-state index is 5.34. The van der Waals surface area contributed by atoms with Crippen molar-refractivity contribution >= 4 is 48.3 Å². The van der Waals surface area contributed by atoms with Gasteiger partial charge in [0.1, 0.15) is 5.75 Å². The molecule has 0 radical (unpaired) electrons. The van der Waals surface area contributed by atoms with E-state index in [0.717, 1.165) is 26.9 Å². The van der Waals surface area contributed by atoms with Gasteiger partial charge in [-0.25, -0.2) is 0 Å². The molecule has 4 heteroatoms. The van der Waals surface area contributed by atoms with Crippen LogP contribution in [0.1, 0.15) is 5.56 Å². The molecule has 0 unspecified atom stereocenters. The van der Waals surface area contributed by atoms with Crippen LogP contribution in [0.5, 0.6) is 5.75 Å². The largest absolute Gasteiger partial charge is 0.494 e. The molecule has 112 valence electrons. The molecule has 0 aliphatic rings. The minimum Gasteiger partial charge on any atom is -0.494 e. The summed E-state index contributed by atoms with van der Waals surface area (Å²) in [4.78, 5) is 0. The van der Waals surface area contributed by atoms with Crippen molar-refractivity contribution in [2.45, 2.75) is 6.54 Å². The Labute approximate surface area is 146 Å². The van der Waals surface area contributed by atoms with Crippen molar-refractivity contribution in [3.05, 3.63) is 69.1 Å². The average molecular weight is 421 g/mol. The van der Waals surface area contributed by atoms with Crippen LogP contribution in [0.25, 0.3) is 10.8 Å². The van der Waals surface area contributed by atoms with Crippen molar-refractivity contribution in [3.63, 3.8) is 0 Å². The average Bonchev–Trinajstić information content (AvgIpc) is 2.52. The van der Waals surface area contributed by atoms with Gasteiger partial charge in [0.15, 0.2) is 0 Å². The Morgan fingerprint density at radius 3 is 2.36 bits per heavy atom. The highest BCUT2D eigenvalue weighted by molar-refractivity contribution is 9.11. The zero-order valence-electron chi connectivity index (χ0n) is 12.1. The number of methoxy groups -OCH3 is 1. The van der Waals surface area contributed by atoms with Crippen molar-refractivity contribution in [1.29, 1.82) is 0 Å². The molecule has 0 amide bonds. The van der Waals surface area contributed by atoms with Crippen LogP contribution in [-0.4, -0.2) is 7.11 Å². The Bertz CT molecular complexity index is 789. The predicted octanol–water partition coefficient (Wildman–Crippen LogP) is 5.99. The van der Waals surface area contributed by atoms with Gasteiger partial charge in [-0.05, 0) is 61.0 Å². The van der Waals surface area contributed by atoms with Crippen molar-refractivity contribution < 1.29 is 4.74 Å². The highest BCUT2D eigenvalue weighted by Crippen LogP contribution is 2.34. The summed E-state index contributed by atoms with van der Waals surface area (Å²) in [5.74, 6) is 0.814. The molecule has 0 saturated carbocycles. The number of halogens is 2. The van der Waals surface area contributed by atoms with Gasteiger partial charge in [0.25, 0.3) is 0 Å². The Morgan fingerprint density at radius 2 is 1.64 bits per heavy atom. The molecule has 22 heavy (non-hydrogen) atoms. The number of hydrogen-bond donors (Lipinski definition) is 1. The molecule has 1 N–H and O–H groups in total. The van der Waals surface area contributed by atoms with Gasteiger partial charge in [-0.3, -0.25) is 0 Å². The topological polar surface area (TPSA) is 21.3 Å². The van der Waals surface area contributed by atoms with Gasteiger partial charge in [-0.15, -0.1) is 0 Å². The number of anilines is 1. The summed E-state index contributed by atoms with van der Waals surface area (Å²) in [5, 5.41) is 5.99. The lowest BCUT2D eigenvalue weighted by Crippen LogP contribution is -2.00. The molecule has 0 atom stereocenters. The van der Waals surface area contributed by atoms with E-state index in [0.29, 0.717) is 0 Å². The van der Waals surface area contributed by atoms with Crippen LogP contribution in [0.4, 0.5) is 5.69 Å². The Kier molecular flexibility index (Phi) is 4.69. The molecule has 0 aliphatic heterocycles. The summed E-state index contributed by atoms with van der Waals surface area (Å²) in [5.41, 5.74) is 2.31. The van der Waals surface area contributed by atoms with Crippen molar-refractivity contribution in [2.24, 2.45) is 0 Å². The van der Waals surface area contributed by atoms with E-state index in [1.54, 1.807) is 7.11 Å². The van der Waals surface area contributed by atoms with Crippen molar-refractivity contribution in [3.8, 4) is 5.75 Å². The van der Waals surface area contributed by atoms with Gasteiger partial charge in [-0.2, -0.15) is 0 Å². The molecule has 0 aromatic heterocycles. The number of ether oxygens (including phenoxy) is 1. The van der Waals surface area contributed by atoms with Gasteiger partial charge in [0, 0.05) is 17.6 Å². The number of nitrogens with one attached hydrogen (secondary N) is 1. The van der Waals surface area contributed by atoms with Gasteiger partial charge in [-0.1, -0.05) is 36.4 Å². The molecule has 3 rings (SSSR count). The molecular weight excluding hydrogens is 406 g/mol. The first-order valence-electron chi connectivity index (χ1n) is 6.92. The number of rotatable bonds is 4. The van der Waals surface area contributed by atoms with Crippen LogP contribution in [0.3, 0.4) is 0 Å². The van der Waals surface area contributed by atoms with E-state index in [2.05, 4.69) is 91.8 Å².